The van der Waals surface area contributed by atoms with E-state index in [1.54, 1.807) is 6.92 Å². The molecule has 0 amide bonds. The van der Waals surface area contributed by atoms with E-state index in [4.69, 9.17) is 5.90 Å². The minimum Gasteiger partial charge on any atom is -0.301 e. The van der Waals surface area contributed by atoms with Crippen LogP contribution >= 0.6 is 0 Å². The number of hydrogen-bond donors (Lipinski definition) is 1. The summed E-state index contributed by atoms with van der Waals surface area (Å²) in [6.07, 6.45) is -0.353. The Balaban J connectivity index is 2.92. The third-order valence-electron chi connectivity index (χ3n) is 1.83. The third-order valence-corrected chi connectivity index (χ3v) is 1.83. The van der Waals surface area contributed by atoms with Crippen molar-refractivity contribution in [2.24, 2.45) is 5.90 Å². The van der Waals surface area contributed by atoms with Crippen LogP contribution in [0, 0.1) is 17.5 Å². The molecule has 0 bridgehead atoms. The minimum atomic E-state index is -1.20. The topological polar surface area (TPSA) is 35.2 Å². The summed E-state index contributed by atoms with van der Waals surface area (Å²) < 4.78 is 38.2. The van der Waals surface area contributed by atoms with Gasteiger partial charge in [0.2, 0.25) is 0 Å². The molecule has 2 nitrogen and oxygen atoms in total. The molecule has 1 aromatic carbocycles. The summed E-state index contributed by atoms with van der Waals surface area (Å²) in [6.45, 7) is 1.60. The lowest BCUT2D eigenvalue weighted by Crippen LogP contribution is -2.16. The van der Waals surface area contributed by atoms with E-state index in [1.807, 2.05) is 0 Å². The smallest absolute Gasteiger partial charge is 0.161 e. The van der Waals surface area contributed by atoms with Gasteiger partial charge in [-0.25, -0.2) is 19.1 Å². The fourth-order valence-corrected chi connectivity index (χ4v) is 1.08. The monoisotopic (exact) mass is 205 g/mol. The van der Waals surface area contributed by atoms with E-state index in [-0.39, 0.29) is 12.0 Å². The summed E-state index contributed by atoms with van der Waals surface area (Å²) in [4.78, 5) is 4.40. The van der Waals surface area contributed by atoms with Crippen LogP contribution in [0.5, 0.6) is 0 Å². The zero-order chi connectivity index (χ0) is 10.7. The molecule has 0 aliphatic heterocycles. The van der Waals surface area contributed by atoms with E-state index in [0.717, 1.165) is 6.07 Å². The number of hydrogen-bond acceptors (Lipinski definition) is 2. The highest BCUT2D eigenvalue weighted by Gasteiger charge is 2.12. The number of benzene rings is 1. The molecule has 78 valence electrons. The van der Waals surface area contributed by atoms with Crippen molar-refractivity contribution < 1.29 is 18.0 Å². The highest BCUT2D eigenvalue weighted by Crippen LogP contribution is 2.15. The molecule has 0 aliphatic rings. The standard InChI is InChI=1S/C9H10F3NO/c1-5(14-13)2-6-3-8(11)9(12)4-7(6)10/h3-5H,2,13H2,1H3. The summed E-state index contributed by atoms with van der Waals surface area (Å²) in [5.41, 5.74) is 0.0434. The van der Waals surface area contributed by atoms with Gasteiger partial charge in [0.05, 0.1) is 6.10 Å². The molecular formula is C9H10F3NO. The molecule has 1 rings (SSSR count). The van der Waals surface area contributed by atoms with Gasteiger partial charge in [0.25, 0.3) is 0 Å². The van der Waals surface area contributed by atoms with E-state index in [0.29, 0.717) is 6.07 Å². The van der Waals surface area contributed by atoms with Gasteiger partial charge in [-0.05, 0) is 18.6 Å². The summed E-state index contributed by atoms with van der Waals surface area (Å²) in [5, 5.41) is 0. The van der Waals surface area contributed by atoms with Crippen molar-refractivity contribution in [3.05, 3.63) is 35.1 Å². The van der Waals surface area contributed by atoms with Crippen molar-refractivity contribution in [2.75, 3.05) is 0 Å². The van der Waals surface area contributed by atoms with Gasteiger partial charge in [-0.3, -0.25) is 0 Å². The first-order valence-corrected chi connectivity index (χ1v) is 4.03. The first kappa shape index (κ1) is 11.0. The Morgan fingerprint density at radius 3 is 2.36 bits per heavy atom. The van der Waals surface area contributed by atoms with E-state index in [2.05, 4.69) is 4.84 Å². The molecule has 1 atom stereocenters. The van der Waals surface area contributed by atoms with Crippen LogP contribution in [0.2, 0.25) is 0 Å². The van der Waals surface area contributed by atoms with Gasteiger partial charge in [-0.15, -0.1) is 0 Å². The van der Waals surface area contributed by atoms with Gasteiger partial charge in [0.15, 0.2) is 11.6 Å². The van der Waals surface area contributed by atoms with E-state index in [9.17, 15) is 13.2 Å². The highest BCUT2D eigenvalue weighted by molar-refractivity contribution is 5.20. The second-order valence-corrected chi connectivity index (χ2v) is 3.01. The first-order chi connectivity index (χ1) is 6.54. The fraction of sp³-hybridized carbons (Fsp3) is 0.333. The lowest BCUT2D eigenvalue weighted by molar-refractivity contribution is 0.0664. The Hall–Kier alpha value is -1.07. The summed E-state index contributed by atoms with van der Waals surface area (Å²) in [5.74, 6) is 1.77. The molecule has 0 fully saturated rings. The zero-order valence-corrected chi connectivity index (χ0v) is 7.56. The van der Waals surface area contributed by atoms with Gasteiger partial charge < -0.3 is 4.84 Å². The Bertz CT molecular complexity index is 330. The average Bonchev–Trinajstić information content (AvgIpc) is 2.14. The van der Waals surface area contributed by atoms with Crippen LogP contribution < -0.4 is 5.90 Å². The van der Waals surface area contributed by atoms with Crippen molar-refractivity contribution >= 4 is 0 Å². The maximum atomic E-state index is 13.0. The van der Waals surface area contributed by atoms with Crippen LogP contribution in [0.4, 0.5) is 13.2 Å². The molecule has 0 spiro atoms. The second-order valence-electron chi connectivity index (χ2n) is 3.01. The Morgan fingerprint density at radius 1 is 1.21 bits per heavy atom. The predicted octanol–water partition coefficient (Wildman–Crippen LogP) is 1.93. The van der Waals surface area contributed by atoms with Gasteiger partial charge >= 0.3 is 0 Å². The number of nitrogens with two attached hydrogens (primary N) is 1. The molecule has 0 radical (unpaired) electrons. The summed E-state index contributed by atoms with van der Waals surface area (Å²) in [6, 6.07) is 1.31. The van der Waals surface area contributed by atoms with Crippen LogP contribution in [0.1, 0.15) is 12.5 Å². The van der Waals surface area contributed by atoms with Crippen molar-refractivity contribution in [3.63, 3.8) is 0 Å². The van der Waals surface area contributed by atoms with Crippen LogP contribution in [0.3, 0.4) is 0 Å². The molecule has 0 aromatic heterocycles. The maximum Gasteiger partial charge on any atom is 0.161 e. The fourth-order valence-electron chi connectivity index (χ4n) is 1.08. The van der Waals surface area contributed by atoms with Gasteiger partial charge in [0.1, 0.15) is 5.82 Å². The van der Waals surface area contributed by atoms with Crippen LogP contribution in [-0.2, 0) is 11.3 Å². The molecular weight excluding hydrogens is 195 g/mol. The number of rotatable bonds is 3. The van der Waals surface area contributed by atoms with E-state index < -0.39 is 23.6 Å². The first-order valence-electron chi connectivity index (χ1n) is 4.03. The summed E-state index contributed by atoms with van der Waals surface area (Å²) >= 11 is 0. The zero-order valence-electron chi connectivity index (χ0n) is 7.56. The molecule has 1 unspecified atom stereocenters. The lowest BCUT2D eigenvalue weighted by Gasteiger charge is -2.09. The molecule has 14 heavy (non-hydrogen) atoms. The maximum absolute atomic E-state index is 13.0. The minimum absolute atomic E-state index is 0.0434. The van der Waals surface area contributed by atoms with Crippen molar-refractivity contribution in [3.8, 4) is 0 Å². The molecule has 5 heteroatoms. The molecule has 0 saturated heterocycles. The Morgan fingerprint density at radius 2 is 1.79 bits per heavy atom. The number of halogens is 3. The van der Waals surface area contributed by atoms with Crippen molar-refractivity contribution in [1.82, 2.24) is 0 Å². The SMILES string of the molecule is CC(Cc1cc(F)c(F)cc1F)ON. The summed E-state index contributed by atoms with van der Waals surface area (Å²) in [7, 11) is 0. The largest absolute Gasteiger partial charge is 0.301 e. The quantitative estimate of drug-likeness (QED) is 0.604. The normalized spacial score (nSPS) is 12.9. The van der Waals surface area contributed by atoms with E-state index in [1.165, 1.54) is 0 Å². The van der Waals surface area contributed by atoms with Gasteiger partial charge in [-0.2, -0.15) is 0 Å². The molecule has 2 N–H and O–H groups in total. The van der Waals surface area contributed by atoms with E-state index >= 15 is 0 Å². The second kappa shape index (κ2) is 4.43. The predicted molar refractivity (Wildman–Crippen MR) is 44.8 cm³/mol. The van der Waals surface area contributed by atoms with Crippen LogP contribution in [-0.4, -0.2) is 6.10 Å². The highest BCUT2D eigenvalue weighted by atomic mass is 19.2. The Kier molecular flexibility index (Phi) is 3.49. The molecule has 1 aromatic rings. The van der Waals surface area contributed by atoms with Crippen molar-refractivity contribution in [1.29, 1.82) is 0 Å². The third kappa shape index (κ3) is 2.46. The van der Waals surface area contributed by atoms with Gasteiger partial charge in [0, 0.05) is 12.5 Å². The average molecular weight is 205 g/mol. The van der Waals surface area contributed by atoms with Crippen LogP contribution in [0.25, 0.3) is 0 Å². The molecule has 0 saturated carbocycles. The molecule has 0 aliphatic carbocycles. The lowest BCUT2D eigenvalue weighted by atomic mass is 10.1. The Labute approximate surface area is 79.4 Å². The molecule has 0 heterocycles. The van der Waals surface area contributed by atoms with Crippen molar-refractivity contribution in [2.45, 2.75) is 19.4 Å². The van der Waals surface area contributed by atoms with Crippen LogP contribution in [0.15, 0.2) is 12.1 Å². The van der Waals surface area contributed by atoms with Gasteiger partial charge in [-0.1, -0.05) is 0 Å².